The number of nitrogens with two attached hydrogens (primary N) is 1. The Labute approximate surface area is 75.1 Å². The number of aryl methyl sites for hydroxylation is 1. The molecule has 2 heterocycles. The second kappa shape index (κ2) is 2.62. The van der Waals surface area contributed by atoms with Gasteiger partial charge in [0.05, 0.1) is 13.3 Å². The molecule has 0 radical (unpaired) electrons. The number of hydrogen-bond acceptors (Lipinski definition) is 4. The highest BCUT2D eigenvalue weighted by Gasteiger charge is 2.10. The highest BCUT2D eigenvalue weighted by molar-refractivity contribution is 5.71. The van der Waals surface area contributed by atoms with Crippen LogP contribution in [0.1, 0.15) is 5.56 Å². The Morgan fingerprint density at radius 1 is 1.54 bits per heavy atom. The van der Waals surface area contributed by atoms with Crippen molar-refractivity contribution in [1.82, 2.24) is 14.6 Å². The molecule has 0 aliphatic rings. The van der Waals surface area contributed by atoms with E-state index in [1.807, 2.05) is 6.92 Å². The van der Waals surface area contributed by atoms with Crippen LogP contribution in [0.4, 0.5) is 5.82 Å². The molecule has 0 atom stereocenters. The van der Waals surface area contributed by atoms with Gasteiger partial charge in [0.2, 0.25) is 0 Å². The minimum Gasteiger partial charge on any atom is -0.491 e. The van der Waals surface area contributed by atoms with Gasteiger partial charge in [-0.1, -0.05) is 0 Å². The Balaban J connectivity index is 2.88. The van der Waals surface area contributed by atoms with Crippen LogP contribution in [0.3, 0.4) is 0 Å². The van der Waals surface area contributed by atoms with Crippen molar-refractivity contribution in [3.63, 3.8) is 0 Å². The van der Waals surface area contributed by atoms with E-state index in [0.29, 0.717) is 11.6 Å². The highest BCUT2D eigenvalue weighted by atomic mass is 16.5. The molecule has 0 unspecified atom stereocenters. The molecule has 2 aromatic rings. The summed E-state index contributed by atoms with van der Waals surface area (Å²) in [6.07, 6.45) is 3.32. The number of nitrogen functional groups attached to an aromatic ring is 1. The summed E-state index contributed by atoms with van der Waals surface area (Å²) in [5.74, 6) is 0.969. The first-order valence-electron chi connectivity index (χ1n) is 3.86. The molecular weight excluding hydrogens is 168 g/mol. The van der Waals surface area contributed by atoms with Gasteiger partial charge in [0.25, 0.3) is 0 Å². The van der Waals surface area contributed by atoms with Crippen LogP contribution in [0.25, 0.3) is 5.52 Å². The van der Waals surface area contributed by atoms with Crippen molar-refractivity contribution in [2.24, 2.45) is 0 Å². The predicted octanol–water partition coefficient (Wildman–Crippen LogP) is 0.629. The summed E-state index contributed by atoms with van der Waals surface area (Å²) in [6.45, 7) is 1.95. The first kappa shape index (κ1) is 7.85. The molecule has 5 heteroatoms. The first-order valence-corrected chi connectivity index (χ1v) is 3.86. The van der Waals surface area contributed by atoms with Crippen LogP contribution in [0.15, 0.2) is 12.5 Å². The number of nitrogens with zero attached hydrogens (tertiary/aromatic N) is 3. The van der Waals surface area contributed by atoms with Gasteiger partial charge >= 0.3 is 0 Å². The van der Waals surface area contributed by atoms with Crippen molar-refractivity contribution in [3.8, 4) is 5.75 Å². The van der Waals surface area contributed by atoms with Crippen LogP contribution in [0.2, 0.25) is 0 Å². The zero-order valence-electron chi connectivity index (χ0n) is 7.48. The van der Waals surface area contributed by atoms with E-state index in [2.05, 4.69) is 10.1 Å². The maximum absolute atomic E-state index is 5.65. The summed E-state index contributed by atoms with van der Waals surface area (Å²) in [7, 11) is 1.57. The van der Waals surface area contributed by atoms with Gasteiger partial charge in [0.15, 0.2) is 11.6 Å². The minimum absolute atomic E-state index is 0.388. The monoisotopic (exact) mass is 178 g/mol. The van der Waals surface area contributed by atoms with Gasteiger partial charge in [0, 0.05) is 0 Å². The van der Waals surface area contributed by atoms with E-state index in [4.69, 9.17) is 10.5 Å². The van der Waals surface area contributed by atoms with E-state index < -0.39 is 0 Å². The molecule has 68 valence electrons. The number of aromatic nitrogens is 3. The standard InChI is InChI=1S/C8H10N4O/c1-5-3-11-12-4-10-8(9)7(13-2)6(5)12/h3-4H,9H2,1-2H3. The SMILES string of the molecule is COc1c(N)ncn2ncc(C)c12. The first-order chi connectivity index (χ1) is 6.24. The Hall–Kier alpha value is -1.78. The molecule has 5 nitrogen and oxygen atoms in total. The summed E-state index contributed by atoms with van der Waals surface area (Å²) >= 11 is 0. The number of methoxy groups -OCH3 is 1. The van der Waals surface area contributed by atoms with E-state index in [1.165, 1.54) is 0 Å². The van der Waals surface area contributed by atoms with Crippen LogP contribution in [0.5, 0.6) is 5.75 Å². The zero-order chi connectivity index (χ0) is 9.42. The Kier molecular flexibility index (Phi) is 1.58. The van der Waals surface area contributed by atoms with Gasteiger partial charge < -0.3 is 10.5 Å². The lowest BCUT2D eigenvalue weighted by Crippen LogP contribution is -2.00. The quantitative estimate of drug-likeness (QED) is 0.695. The lowest BCUT2D eigenvalue weighted by Gasteiger charge is -2.05. The van der Waals surface area contributed by atoms with Crippen molar-refractivity contribution in [3.05, 3.63) is 18.1 Å². The number of fused-ring (bicyclic) bond motifs is 1. The molecule has 0 fully saturated rings. The summed E-state index contributed by atoms with van der Waals surface area (Å²) in [5, 5.41) is 4.09. The number of rotatable bonds is 1. The van der Waals surface area contributed by atoms with Crippen LogP contribution in [-0.2, 0) is 0 Å². The third-order valence-corrected chi connectivity index (χ3v) is 1.94. The van der Waals surface area contributed by atoms with Crippen LogP contribution < -0.4 is 10.5 Å². The van der Waals surface area contributed by atoms with Crippen molar-refractivity contribution in [1.29, 1.82) is 0 Å². The second-order valence-corrected chi connectivity index (χ2v) is 2.78. The number of anilines is 1. The summed E-state index contributed by atoms with van der Waals surface area (Å²) in [4.78, 5) is 3.94. The maximum atomic E-state index is 5.65. The lowest BCUT2D eigenvalue weighted by molar-refractivity contribution is 0.417. The topological polar surface area (TPSA) is 65.4 Å². The third-order valence-electron chi connectivity index (χ3n) is 1.94. The second-order valence-electron chi connectivity index (χ2n) is 2.78. The van der Waals surface area contributed by atoms with E-state index in [0.717, 1.165) is 11.1 Å². The molecule has 0 saturated heterocycles. The molecular formula is C8H10N4O. The fraction of sp³-hybridized carbons (Fsp3) is 0.250. The molecule has 0 spiro atoms. The number of hydrogen-bond donors (Lipinski definition) is 1. The Morgan fingerprint density at radius 2 is 2.31 bits per heavy atom. The van der Waals surface area contributed by atoms with E-state index in [9.17, 15) is 0 Å². The normalized spacial score (nSPS) is 10.6. The largest absolute Gasteiger partial charge is 0.491 e. The van der Waals surface area contributed by atoms with Crippen molar-refractivity contribution in [2.75, 3.05) is 12.8 Å². The molecule has 0 saturated carbocycles. The van der Waals surface area contributed by atoms with Crippen molar-refractivity contribution < 1.29 is 4.74 Å². The molecule has 0 aliphatic heterocycles. The Bertz CT molecular complexity index is 449. The van der Waals surface area contributed by atoms with E-state index in [1.54, 1.807) is 24.1 Å². The van der Waals surface area contributed by atoms with Crippen LogP contribution in [-0.4, -0.2) is 21.7 Å². The van der Waals surface area contributed by atoms with Gasteiger partial charge in [-0.3, -0.25) is 0 Å². The van der Waals surface area contributed by atoms with Gasteiger partial charge in [-0.15, -0.1) is 0 Å². The fourth-order valence-corrected chi connectivity index (χ4v) is 1.32. The average Bonchev–Trinajstić information content (AvgIpc) is 2.49. The maximum Gasteiger partial charge on any atom is 0.187 e. The lowest BCUT2D eigenvalue weighted by atomic mass is 10.3. The third kappa shape index (κ3) is 1.00. The highest BCUT2D eigenvalue weighted by Crippen LogP contribution is 2.26. The van der Waals surface area contributed by atoms with Gasteiger partial charge in [-0.2, -0.15) is 5.10 Å². The molecule has 2 N–H and O–H groups in total. The fourth-order valence-electron chi connectivity index (χ4n) is 1.32. The van der Waals surface area contributed by atoms with Gasteiger partial charge in [-0.25, -0.2) is 9.50 Å². The van der Waals surface area contributed by atoms with Gasteiger partial charge in [-0.05, 0) is 12.5 Å². The van der Waals surface area contributed by atoms with Crippen molar-refractivity contribution in [2.45, 2.75) is 6.92 Å². The van der Waals surface area contributed by atoms with Crippen molar-refractivity contribution >= 4 is 11.3 Å². The number of ether oxygens (including phenoxy) is 1. The zero-order valence-corrected chi connectivity index (χ0v) is 7.48. The van der Waals surface area contributed by atoms with Gasteiger partial charge in [0.1, 0.15) is 11.8 Å². The predicted molar refractivity (Wildman–Crippen MR) is 48.7 cm³/mol. The van der Waals surface area contributed by atoms with Crippen LogP contribution in [0, 0.1) is 6.92 Å². The summed E-state index contributed by atoms with van der Waals surface area (Å²) in [5.41, 5.74) is 7.54. The van der Waals surface area contributed by atoms with E-state index in [-0.39, 0.29) is 0 Å². The molecule has 0 bridgehead atoms. The molecule has 0 amide bonds. The molecule has 2 aromatic heterocycles. The Morgan fingerprint density at radius 3 is 3.00 bits per heavy atom. The summed E-state index contributed by atoms with van der Waals surface area (Å²) in [6, 6.07) is 0. The molecule has 0 aliphatic carbocycles. The van der Waals surface area contributed by atoms with Crippen LogP contribution >= 0.6 is 0 Å². The molecule has 2 rings (SSSR count). The summed E-state index contributed by atoms with van der Waals surface area (Å²) < 4.78 is 6.79. The minimum atomic E-state index is 0.388. The van der Waals surface area contributed by atoms with E-state index >= 15 is 0 Å². The molecule has 13 heavy (non-hydrogen) atoms. The smallest absolute Gasteiger partial charge is 0.187 e. The molecule has 0 aromatic carbocycles. The average molecular weight is 178 g/mol.